The van der Waals surface area contributed by atoms with Crippen molar-refractivity contribution in [3.05, 3.63) is 71.5 Å². The van der Waals surface area contributed by atoms with Gasteiger partial charge in [0.15, 0.2) is 5.78 Å². The molecule has 3 nitrogen and oxygen atoms in total. The van der Waals surface area contributed by atoms with Gasteiger partial charge in [0.05, 0.1) is 5.60 Å². The van der Waals surface area contributed by atoms with Crippen LogP contribution in [-0.2, 0) is 6.54 Å². The van der Waals surface area contributed by atoms with Crippen molar-refractivity contribution in [1.29, 1.82) is 0 Å². The number of aliphatic hydroxyl groups is 1. The van der Waals surface area contributed by atoms with Gasteiger partial charge < -0.3 is 5.11 Å². The molecule has 126 valence electrons. The Balaban J connectivity index is 1.53. The molecule has 4 heteroatoms. The first-order valence-electron chi connectivity index (χ1n) is 8.32. The fourth-order valence-electron chi connectivity index (χ4n) is 3.18. The summed E-state index contributed by atoms with van der Waals surface area (Å²) in [6, 6.07) is 15.6. The van der Waals surface area contributed by atoms with Crippen LogP contribution in [0.4, 0.5) is 4.39 Å². The maximum Gasteiger partial charge on any atom is 0.165 e. The van der Waals surface area contributed by atoms with Gasteiger partial charge in [-0.1, -0.05) is 42.5 Å². The monoisotopic (exact) mass is 327 g/mol. The largest absolute Gasteiger partial charge is 0.389 e. The number of piperidine rings is 1. The molecule has 1 aliphatic rings. The third kappa shape index (κ3) is 4.28. The molecular formula is C20H22FNO2. The van der Waals surface area contributed by atoms with Crippen molar-refractivity contribution in [3.8, 4) is 0 Å². The lowest BCUT2D eigenvalue weighted by Crippen LogP contribution is -2.45. The fourth-order valence-corrected chi connectivity index (χ4v) is 3.18. The van der Waals surface area contributed by atoms with Gasteiger partial charge in [0.2, 0.25) is 0 Å². The minimum absolute atomic E-state index is 0.00918. The van der Waals surface area contributed by atoms with Gasteiger partial charge in [-0.2, -0.15) is 0 Å². The number of Topliss-reactive ketones (excluding diaryl/α,β-unsaturated/α-hetero) is 1. The van der Waals surface area contributed by atoms with Crippen molar-refractivity contribution in [1.82, 2.24) is 4.90 Å². The molecule has 0 saturated carbocycles. The summed E-state index contributed by atoms with van der Waals surface area (Å²) in [5.41, 5.74) is 0.786. The molecule has 0 aromatic heterocycles. The highest BCUT2D eigenvalue weighted by molar-refractivity contribution is 5.96. The van der Waals surface area contributed by atoms with E-state index in [2.05, 4.69) is 4.90 Å². The Labute approximate surface area is 141 Å². The molecule has 1 heterocycles. The maximum atomic E-state index is 12.9. The Morgan fingerprint density at radius 1 is 1.04 bits per heavy atom. The van der Waals surface area contributed by atoms with E-state index in [4.69, 9.17) is 0 Å². The predicted octanol–water partition coefficient (Wildman–Crippen LogP) is 3.43. The summed E-state index contributed by atoms with van der Waals surface area (Å²) < 4.78 is 12.9. The zero-order chi connectivity index (χ0) is 17.0. The number of rotatable bonds is 5. The molecule has 3 rings (SSSR count). The van der Waals surface area contributed by atoms with E-state index in [0.717, 1.165) is 25.2 Å². The molecule has 0 bridgehead atoms. The van der Waals surface area contributed by atoms with E-state index in [0.29, 0.717) is 18.4 Å². The molecule has 0 atom stereocenters. The SMILES string of the molecule is O=C(CC1(O)CCN(Cc2ccc(F)cc2)CC1)c1ccccc1. The van der Waals surface area contributed by atoms with Crippen LogP contribution in [0.3, 0.4) is 0 Å². The minimum Gasteiger partial charge on any atom is -0.389 e. The lowest BCUT2D eigenvalue weighted by Gasteiger charge is -2.38. The van der Waals surface area contributed by atoms with Crippen LogP contribution < -0.4 is 0 Å². The molecule has 24 heavy (non-hydrogen) atoms. The van der Waals surface area contributed by atoms with E-state index >= 15 is 0 Å². The Morgan fingerprint density at radius 3 is 2.29 bits per heavy atom. The van der Waals surface area contributed by atoms with Crippen LogP contribution in [0.1, 0.15) is 35.2 Å². The first kappa shape index (κ1) is 16.8. The quantitative estimate of drug-likeness (QED) is 0.856. The Morgan fingerprint density at radius 2 is 1.67 bits per heavy atom. The van der Waals surface area contributed by atoms with E-state index < -0.39 is 5.60 Å². The molecule has 0 aliphatic carbocycles. The van der Waals surface area contributed by atoms with Crippen LogP contribution in [0, 0.1) is 5.82 Å². The summed E-state index contributed by atoms with van der Waals surface area (Å²) in [4.78, 5) is 14.5. The zero-order valence-electron chi connectivity index (χ0n) is 13.6. The molecule has 0 unspecified atom stereocenters. The molecule has 0 spiro atoms. The van der Waals surface area contributed by atoms with Gasteiger partial charge in [0.1, 0.15) is 5.82 Å². The van der Waals surface area contributed by atoms with Crippen molar-refractivity contribution in [2.45, 2.75) is 31.4 Å². The summed E-state index contributed by atoms with van der Waals surface area (Å²) in [5.74, 6) is -0.240. The van der Waals surface area contributed by atoms with E-state index in [-0.39, 0.29) is 18.0 Å². The van der Waals surface area contributed by atoms with Gasteiger partial charge in [0.25, 0.3) is 0 Å². The molecular weight excluding hydrogens is 305 g/mol. The second kappa shape index (κ2) is 7.24. The van der Waals surface area contributed by atoms with Crippen molar-refractivity contribution in [2.75, 3.05) is 13.1 Å². The molecule has 1 aliphatic heterocycles. The van der Waals surface area contributed by atoms with Gasteiger partial charge in [0, 0.05) is 31.6 Å². The summed E-state index contributed by atoms with van der Waals surface area (Å²) in [5, 5.41) is 10.7. The smallest absolute Gasteiger partial charge is 0.165 e. The first-order valence-corrected chi connectivity index (χ1v) is 8.32. The van der Waals surface area contributed by atoms with Crippen LogP contribution in [0.2, 0.25) is 0 Å². The number of carbonyl (C=O) groups excluding carboxylic acids is 1. The highest BCUT2D eigenvalue weighted by atomic mass is 19.1. The molecule has 1 N–H and O–H groups in total. The predicted molar refractivity (Wildman–Crippen MR) is 91.3 cm³/mol. The van der Waals surface area contributed by atoms with Gasteiger partial charge in [-0.05, 0) is 30.5 Å². The van der Waals surface area contributed by atoms with Crippen molar-refractivity contribution < 1.29 is 14.3 Å². The van der Waals surface area contributed by atoms with E-state index in [1.165, 1.54) is 12.1 Å². The second-order valence-electron chi connectivity index (χ2n) is 6.59. The standard InChI is InChI=1S/C20H22FNO2/c21-18-8-6-16(7-9-18)15-22-12-10-20(24,11-13-22)14-19(23)17-4-2-1-3-5-17/h1-9,24H,10-15H2. The number of benzene rings is 2. The zero-order valence-corrected chi connectivity index (χ0v) is 13.6. The van der Waals surface area contributed by atoms with E-state index in [1.54, 1.807) is 24.3 Å². The van der Waals surface area contributed by atoms with Crippen molar-refractivity contribution in [3.63, 3.8) is 0 Å². The Bertz CT molecular complexity index is 677. The third-order valence-corrected chi connectivity index (χ3v) is 4.69. The van der Waals surface area contributed by atoms with Crippen LogP contribution in [0.5, 0.6) is 0 Å². The molecule has 1 saturated heterocycles. The average molecular weight is 327 g/mol. The van der Waals surface area contributed by atoms with Crippen molar-refractivity contribution in [2.24, 2.45) is 0 Å². The summed E-state index contributed by atoms with van der Waals surface area (Å²) in [6.45, 7) is 2.20. The fraction of sp³-hybridized carbons (Fsp3) is 0.350. The van der Waals surface area contributed by atoms with Crippen LogP contribution in [0.15, 0.2) is 54.6 Å². The minimum atomic E-state index is -0.924. The number of ketones is 1. The van der Waals surface area contributed by atoms with Crippen LogP contribution >= 0.6 is 0 Å². The van der Waals surface area contributed by atoms with Gasteiger partial charge >= 0.3 is 0 Å². The topological polar surface area (TPSA) is 40.5 Å². The number of carbonyl (C=O) groups is 1. The van der Waals surface area contributed by atoms with Gasteiger partial charge in [-0.15, -0.1) is 0 Å². The Hall–Kier alpha value is -2.04. The van der Waals surface area contributed by atoms with Crippen molar-refractivity contribution >= 4 is 5.78 Å². The lowest BCUT2D eigenvalue weighted by atomic mass is 9.85. The maximum absolute atomic E-state index is 12.9. The van der Waals surface area contributed by atoms with Crippen LogP contribution in [-0.4, -0.2) is 34.5 Å². The number of likely N-dealkylation sites (tertiary alicyclic amines) is 1. The average Bonchev–Trinajstić information content (AvgIpc) is 2.60. The molecule has 2 aromatic carbocycles. The molecule has 0 amide bonds. The van der Waals surface area contributed by atoms with Gasteiger partial charge in [-0.25, -0.2) is 4.39 Å². The number of hydrogen-bond donors (Lipinski definition) is 1. The Kier molecular flexibility index (Phi) is 5.07. The highest BCUT2D eigenvalue weighted by Gasteiger charge is 2.34. The molecule has 2 aromatic rings. The first-order chi connectivity index (χ1) is 11.5. The van der Waals surface area contributed by atoms with E-state index in [9.17, 15) is 14.3 Å². The summed E-state index contributed by atoms with van der Waals surface area (Å²) >= 11 is 0. The second-order valence-corrected chi connectivity index (χ2v) is 6.59. The third-order valence-electron chi connectivity index (χ3n) is 4.69. The molecule has 0 radical (unpaired) electrons. The number of hydrogen-bond acceptors (Lipinski definition) is 3. The highest BCUT2D eigenvalue weighted by Crippen LogP contribution is 2.28. The summed E-state index contributed by atoms with van der Waals surface area (Å²) in [6.07, 6.45) is 1.32. The van der Waals surface area contributed by atoms with E-state index in [1.807, 2.05) is 18.2 Å². The van der Waals surface area contributed by atoms with Crippen LogP contribution in [0.25, 0.3) is 0 Å². The summed E-state index contributed by atoms with van der Waals surface area (Å²) in [7, 11) is 0. The number of nitrogens with zero attached hydrogens (tertiary/aromatic N) is 1. The molecule has 1 fully saturated rings. The number of halogens is 1. The van der Waals surface area contributed by atoms with Gasteiger partial charge in [-0.3, -0.25) is 9.69 Å². The normalized spacial score (nSPS) is 17.6. The lowest BCUT2D eigenvalue weighted by molar-refractivity contribution is -0.0241.